The SMILES string of the molecule is c1cc(-c2ccc3sc4ccccc4c3c2)cc(N(c2ccc(-c3cccc4c3sc3ccccc34)cc2)c2cccc(-c3cccc4c3oc3ccccc34)c2)c1. The fraction of sp³-hybridized carbons (Fsp3) is 0. The van der Waals surface area contributed by atoms with Crippen molar-refractivity contribution in [2.45, 2.75) is 0 Å². The van der Waals surface area contributed by atoms with Gasteiger partial charge in [-0.3, -0.25) is 0 Å². The van der Waals surface area contributed by atoms with Gasteiger partial charge in [-0.15, -0.1) is 22.7 Å². The summed E-state index contributed by atoms with van der Waals surface area (Å²) in [6.45, 7) is 0. The van der Waals surface area contributed by atoms with Crippen LogP contribution in [-0.2, 0) is 0 Å². The molecule has 0 saturated heterocycles. The first-order valence-corrected chi connectivity index (χ1v) is 21.2. The van der Waals surface area contributed by atoms with Gasteiger partial charge in [0, 0.05) is 73.7 Å². The van der Waals surface area contributed by atoms with E-state index in [9.17, 15) is 0 Å². The summed E-state index contributed by atoms with van der Waals surface area (Å²) in [6.07, 6.45) is 0. The molecular formula is C54H33NOS2. The second kappa shape index (κ2) is 13.3. The Labute approximate surface area is 343 Å². The van der Waals surface area contributed by atoms with Crippen molar-refractivity contribution in [2.24, 2.45) is 0 Å². The monoisotopic (exact) mass is 775 g/mol. The number of fused-ring (bicyclic) bond motifs is 9. The average Bonchev–Trinajstić information content (AvgIpc) is 3.98. The highest BCUT2D eigenvalue weighted by molar-refractivity contribution is 7.26. The smallest absolute Gasteiger partial charge is 0.143 e. The maximum atomic E-state index is 6.52. The van der Waals surface area contributed by atoms with Crippen molar-refractivity contribution in [3.63, 3.8) is 0 Å². The van der Waals surface area contributed by atoms with E-state index in [2.05, 4.69) is 193 Å². The van der Waals surface area contributed by atoms with Gasteiger partial charge in [0.1, 0.15) is 11.2 Å². The minimum Gasteiger partial charge on any atom is -0.455 e. The number of para-hydroxylation sites is 2. The highest BCUT2D eigenvalue weighted by Crippen LogP contribution is 2.44. The standard InChI is InChI=1S/C54H33NOS2/c1-4-22-49-43(15-1)46-20-9-18-41(53(46)56-49)37-12-8-14-40(32-37)55(38-28-25-34(26-29-38)42-19-10-21-47-44-16-2-6-24-51(44)58-54(42)47)39-13-7-11-35(31-39)36-27-30-52-48(33-36)45-17-3-5-23-50(45)57-52/h1-33H. The van der Waals surface area contributed by atoms with Gasteiger partial charge in [0.15, 0.2) is 0 Å². The zero-order valence-corrected chi connectivity index (χ0v) is 32.9. The molecule has 0 spiro atoms. The summed E-state index contributed by atoms with van der Waals surface area (Å²) in [7, 11) is 0. The number of hydrogen-bond acceptors (Lipinski definition) is 4. The van der Waals surface area contributed by atoms with Crippen LogP contribution in [0.25, 0.3) is 95.7 Å². The summed E-state index contributed by atoms with van der Waals surface area (Å²) < 4.78 is 11.8. The van der Waals surface area contributed by atoms with Gasteiger partial charge >= 0.3 is 0 Å². The average molecular weight is 776 g/mol. The molecular weight excluding hydrogens is 743 g/mol. The highest BCUT2D eigenvalue weighted by Gasteiger charge is 2.18. The molecule has 0 amide bonds. The lowest BCUT2D eigenvalue weighted by atomic mass is 9.99. The molecule has 4 heteroatoms. The Balaban J connectivity index is 1.00. The Morgan fingerprint density at radius 1 is 0.328 bits per heavy atom. The van der Waals surface area contributed by atoms with Crippen LogP contribution < -0.4 is 4.90 Å². The first kappa shape index (κ1) is 33.2. The van der Waals surface area contributed by atoms with Gasteiger partial charge in [-0.2, -0.15) is 0 Å². The fourth-order valence-corrected chi connectivity index (χ4v) is 11.1. The van der Waals surface area contributed by atoms with Crippen LogP contribution in [-0.4, -0.2) is 0 Å². The van der Waals surface area contributed by atoms with E-state index in [1.54, 1.807) is 0 Å². The van der Waals surface area contributed by atoms with Crippen molar-refractivity contribution >= 4 is 102 Å². The Kier molecular flexibility index (Phi) is 7.62. The first-order valence-electron chi connectivity index (χ1n) is 19.6. The van der Waals surface area contributed by atoms with E-state index < -0.39 is 0 Å². The molecule has 0 bridgehead atoms. The third-order valence-electron chi connectivity index (χ3n) is 11.5. The maximum Gasteiger partial charge on any atom is 0.143 e. The van der Waals surface area contributed by atoms with Gasteiger partial charge < -0.3 is 9.32 Å². The maximum absolute atomic E-state index is 6.52. The molecule has 3 heterocycles. The van der Waals surface area contributed by atoms with E-state index in [1.807, 2.05) is 34.8 Å². The molecule has 0 N–H and O–H groups in total. The molecule has 0 atom stereocenters. The second-order valence-electron chi connectivity index (χ2n) is 14.9. The lowest BCUT2D eigenvalue weighted by Gasteiger charge is -2.27. The van der Waals surface area contributed by atoms with Gasteiger partial charge in [-0.05, 0) is 94.5 Å². The van der Waals surface area contributed by atoms with Crippen LogP contribution >= 0.6 is 22.7 Å². The van der Waals surface area contributed by atoms with Gasteiger partial charge in [-0.1, -0.05) is 133 Å². The van der Waals surface area contributed by atoms with Crippen molar-refractivity contribution in [3.05, 3.63) is 200 Å². The summed E-state index contributed by atoms with van der Waals surface area (Å²) in [5, 5.41) is 7.50. The van der Waals surface area contributed by atoms with E-state index in [0.717, 1.165) is 50.1 Å². The Hall–Kier alpha value is -6.98. The van der Waals surface area contributed by atoms with Crippen molar-refractivity contribution in [2.75, 3.05) is 4.90 Å². The minimum absolute atomic E-state index is 0.902. The molecule has 12 rings (SSSR count). The Bertz CT molecular complexity index is 3530. The van der Waals surface area contributed by atoms with Crippen LogP contribution in [0.3, 0.4) is 0 Å². The van der Waals surface area contributed by atoms with Gasteiger partial charge in [0.05, 0.1) is 0 Å². The van der Waals surface area contributed by atoms with E-state index in [-0.39, 0.29) is 0 Å². The van der Waals surface area contributed by atoms with E-state index in [1.165, 1.54) is 62.6 Å². The van der Waals surface area contributed by atoms with E-state index in [4.69, 9.17) is 4.42 Å². The molecule has 58 heavy (non-hydrogen) atoms. The Morgan fingerprint density at radius 2 is 0.897 bits per heavy atom. The molecule has 3 aromatic heterocycles. The van der Waals surface area contributed by atoms with Crippen LogP contribution in [0.15, 0.2) is 205 Å². The third-order valence-corrected chi connectivity index (χ3v) is 13.8. The third kappa shape index (κ3) is 5.37. The number of furan rings is 1. The van der Waals surface area contributed by atoms with Crippen LogP contribution in [0, 0.1) is 0 Å². The zero-order chi connectivity index (χ0) is 38.2. The minimum atomic E-state index is 0.902. The van der Waals surface area contributed by atoms with Crippen LogP contribution in [0.2, 0.25) is 0 Å². The van der Waals surface area contributed by atoms with Crippen LogP contribution in [0.5, 0.6) is 0 Å². The molecule has 2 nitrogen and oxygen atoms in total. The molecule has 0 aliphatic rings. The van der Waals surface area contributed by atoms with Gasteiger partial charge in [0.25, 0.3) is 0 Å². The summed E-state index contributed by atoms with van der Waals surface area (Å²) in [6, 6.07) is 72.7. The largest absolute Gasteiger partial charge is 0.455 e. The normalized spacial score (nSPS) is 11.8. The lowest BCUT2D eigenvalue weighted by Crippen LogP contribution is -2.10. The topological polar surface area (TPSA) is 16.4 Å². The second-order valence-corrected chi connectivity index (χ2v) is 17.0. The molecule has 272 valence electrons. The summed E-state index contributed by atoms with van der Waals surface area (Å²) >= 11 is 3.73. The summed E-state index contributed by atoms with van der Waals surface area (Å²) in [5.41, 5.74) is 12.1. The molecule has 0 unspecified atom stereocenters. The molecule has 0 saturated carbocycles. The number of thiophene rings is 2. The number of hydrogen-bond donors (Lipinski definition) is 0. The Morgan fingerprint density at radius 3 is 1.71 bits per heavy atom. The van der Waals surface area contributed by atoms with Crippen molar-refractivity contribution in [3.8, 4) is 33.4 Å². The van der Waals surface area contributed by atoms with Gasteiger partial charge in [-0.25, -0.2) is 0 Å². The predicted molar refractivity (Wildman–Crippen MR) is 250 cm³/mol. The van der Waals surface area contributed by atoms with E-state index >= 15 is 0 Å². The number of anilines is 3. The molecule has 0 aliphatic carbocycles. The molecule has 0 aliphatic heterocycles. The van der Waals surface area contributed by atoms with E-state index in [0.29, 0.717) is 0 Å². The molecule has 0 fully saturated rings. The van der Waals surface area contributed by atoms with Gasteiger partial charge in [0.2, 0.25) is 0 Å². The first-order chi connectivity index (χ1) is 28.7. The predicted octanol–water partition coefficient (Wildman–Crippen LogP) is 16.8. The van der Waals surface area contributed by atoms with Crippen LogP contribution in [0.1, 0.15) is 0 Å². The van der Waals surface area contributed by atoms with Crippen molar-refractivity contribution in [1.29, 1.82) is 0 Å². The highest BCUT2D eigenvalue weighted by atomic mass is 32.1. The fourth-order valence-electron chi connectivity index (χ4n) is 8.73. The number of nitrogens with zero attached hydrogens (tertiary/aromatic N) is 1. The summed E-state index contributed by atoms with van der Waals surface area (Å²) in [4.78, 5) is 2.38. The lowest BCUT2D eigenvalue weighted by molar-refractivity contribution is 0.670. The summed E-state index contributed by atoms with van der Waals surface area (Å²) in [5.74, 6) is 0. The molecule has 12 aromatic rings. The number of rotatable bonds is 6. The molecule has 9 aromatic carbocycles. The quantitative estimate of drug-likeness (QED) is 0.167. The number of benzene rings is 9. The molecule has 0 radical (unpaired) electrons. The van der Waals surface area contributed by atoms with Crippen molar-refractivity contribution in [1.82, 2.24) is 0 Å². The van der Waals surface area contributed by atoms with Crippen molar-refractivity contribution < 1.29 is 4.42 Å². The van der Waals surface area contributed by atoms with Crippen LogP contribution in [0.4, 0.5) is 17.1 Å². The zero-order valence-electron chi connectivity index (χ0n) is 31.2.